The van der Waals surface area contributed by atoms with Gasteiger partial charge in [-0.05, 0) is 19.4 Å². The first-order chi connectivity index (χ1) is 9.13. The molecular formula is C14H19NO3S. The van der Waals surface area contributed by atoms with Gasteiger partial charge in [0.05, 0.1) is 24.2 Å². The minimum Gasteiger partial charge on any atom is -0.465 e. The van der Waals surface area contributed by atoms with Gasteiger partial charge in [-0.2, -0.15) is 0 Å². The molecule has 0 aliphatic heterocycles. The van der Waals surface area contributed by atoms with Gasteiger partial charge in [0.1, 0.15) is 0 Å². The largest absolute Gasteiger partial charge is 0.465 e. The minimum atomic E-state index is -0.281. The molecule has 1 aromatic rings. The van der Waals surface area contributed by atoms with Gasteiger partial charge in [-0.1, -0.05) is 30.3 Å². The van der Waals surface area contributed by atoms with Crippen molar-refractivity contribution in [2.75, 3.05) is 18.1 Å². The summed E-state index contributed by atoms with van der Waals surface area (Å²) < 4.78 is 4.78. The number of esters is 1. The molecule has 1 amide bonds. The summed E-state index contributed by atoms with van der Waals surface area (Å²) in [6.07, 6.45) is 0. The van der Waals surface area contributed by atoms with E-state index in [4.69, 9.17) is 4.74 Å². The van der Waals surface area contributed by atoms with Gasteiger partial charge in [-0.3, -0.25) is 9.59 Å². The van der Waals surface area contributed by atoms with Gasteiger partial charge in [-0.25, -0.2) is 0 Å². The standard InChI is InChI=1S/C14H19NO3S/c1-3-18-14(17)10-19-9-13(16)15-11(2)12-7-5-4-6-8-12/h4-8,11H,3,9-10H2,1-2H3,(H,15,16). The van der Waals surface area contributed by atoms with Crippen LogP contribution in [0.5, 0.6) is 0 Å². The molecule has 1 atom stereocenters. The molecule has 0 aliphatic carbocycles. The van der Waals surface area contributed by atoms with E-state index >= 15 is 0 Å². The highest BCUT2D eigenvalue weighted by Crippen LogP contribution is 2.11. The quantitative estimate of drug-likeness (QED) is 0.778. The number of thioether (sulfide) groups is 1. The van der Waals surface area contributed by atoms with E-state index < -0.39 is 0 Å². The lowest BCUT2D eigenvalue weighted by molar-refractivity contribution is -0.139. The number of rotatable bonds is 7. The van der Waals surface area contributed by atoms with Crippen molar-refractivity contribution in [3.63, 3.8) is 0 Å². The molecule has 0 aliphatic rings. The third kappa shape index (κ3) is 6.29. The number of benzene rings is 1. The lowest BCUT2D eigenvalue weighted by Crippen LogP contribution is -2.28. The number of carbonyl (C=O) groups excluding carboxylic acids is 2. The first-order valence-corrected chi connectivity index (χ1v) is 7.36. The van der Waals surface area contributed by atoms with E-state index in [0.717, 1.165) is 5.56 Å². The smallest absolute Gasteiger partial charge is 0.315 e. The summed E-state index contributed by atoms with van der Waals surface area (Å²) in [5, 5.41) is 2.89. The molecule has 0 aromatic heterocycles. The van der Waals surface area contributed by atoms with Gasteiger partial charge in [0, 0.05) is 0 Å². The minimum absolute atomic E-state index is 0.0307. The molecule has 1 N–H and O–H groups in total. The fourth-order valence-corrected chi connectivity index (χ4v) is 2.16. The predicted octanol–water partition coefficient (Wildman–Crippen LogP) is 2.16. The SMILES string of the molecule is CCOC(=O)CSCC(=O)NC(C)c1ccccc1. The second kappa shape index (κ2) is 8.58. The molecule has 0 heterocycles. The lowest BCUT2D eigenvalue weighted by atomic mass is 10.1. The van der Waals surface area contributed by atoms with Crippen molar-refractivity contribution >= 4 is 23.6 Å². The van der Waals surface area contributed by atoms with Crippen LogP contribution in [0.1, 0.15) is 25.5 Å². The fourth-order valence-electron chi connectivity index (χ4n) is 1.54. The highest BCUT2D eigenvalue weighted by Gasteiger charge is 2.10. The van der Waals surface area contributed by atoms with Crippen LogP contribution in [0, 0.1) is 0 Å². The Morgan fingerprint density at radius 1 is 1.26 bits per heavy atom. The summed E-state index contributed by atoms with van der Waals surface area (Å²) in [6, 6.07) is 9.72. The average Bonchev–Trinajstić information content (AvgIpc) is 2.40. The molecule has 4 nitrogen and oxygen atoms in total. The molecule has 0 radical (unpaired) electrons. The normalized spacial score (nSPS) is 11.7. The van der Waals surface area contributed by atoms with Crippen LogP contribution in [-0.4, -0.2) is 30.0 Å². The number of hydrogen-bond donors (Lipinski definition) is 1. The zero-order valence-corrected chi connectivity index (χ0v) is 12.0. The van der Waals surface area contributed by atoms with Crippen LogP contribution in [0.3, 0.4) is 0 Å². The van der Waals surface area contributed by atoms with Crippen molar-refractivity contribution in [3.05, 3.63) is 35.9 Å². The fraction of sp³-hybridized carbons (Fsp3) is 0.429. The van der Waals surface area contributed by atoms with Crippen LogP contribution in [0.4, 0.5) is 0 Å². The molecule has 1 unspecified atom stereocenters. The molecular weight excluding hydrogens is 262 g/mol. The zero-order valence-electron chi connectivity index (χ0n) is 11.2. The van der Waals surface area contributed by atoms with E-state index in [2.05, 4.69) is 5.32 Å². The maximum absolute atomic E-state index is 11.7. The third-order valence-electron chi connectivity index (χ3n) is 2.44. The lowest BCUT2D eigenvalue weighted by Gasteiger charge is -2.13. The second-order valence-electron chi connectivity index (χ2n) is 4.00. The maximum Gasteiger partial charge on any atom is 0.315 e. The van der Waals surface area contributed by atoms with Crippen molar-refractivity contribution in [1.82, 2.24) is 5.32 Å². The van der Waals surface area contributed by atoms with E-state index in [9.17, 15) is 9.59 Å². The van der Waals surface area contributed by atoms with Crippen LogP contribution in [0.2, 0.25) is 0 Å². The monoisotopic (exact) mass is 281 g/mol. The molecule has 0 fully saturated rings. The molecule has 5 heteroatoms. The van der Waals surface area contributed by atoms with E-state index in [1.165, 1.54) is 11.8 Å². The molecule has 0 saturated carbocycles. The van der Waals surface area contributed by atoms with Crippen LogP contribution < -0.4 is 5.32 Å². The summed E-state index contributed by atoms with van der Waals surface area (Å²) in [5.74, 6) is 0.110. The highest BCUT2D eigenvalue weighted by atomic mass is 32.2. The van der Waals surface area contributed by atoms with Crippen molar-refractivity contribution in [3.8, 4) is 0 Å². The second-order valence-corrected chi connectivity index (χ2v) is 4.98. The zero-order chi connectivity index (χ0) is 14.1. The van der Waals surface area contributed by atoms with E-state index in [0.29, 0.717) is 6.61 Å². The van der Waals surface area contributed by atoms with Gasteiger partial charge in [0.15, 0.2) is 0 Å². The van der Waals surface area contributed by atoms with Crippen molar-refractivity contribution in [1.29, 1.82) is 0 Å². The van der Waals surface area contributed by atoms with Gasteiger partial charge in [0.2, 0.25) is 5.91 Å². The molecule has 19 heavy (non-hydrogen) atoms. The molecule has 0 saturated heterocycles. The molecule has 104 valence electrons. The highest BCUT2D eigenvalue weighted by molar-refractivity contribution is 8.00. The third-order valence-corrected chi connectivity index (χ3v) is 3.34. The van der Waals surface area contributed by atoms with Gasteiger partial charge >= 0.3 is 5.97 Å². The summed E-state index contributed by atoms with van der Waals surface area (Å²) >= 11 is 1.26. The topological polar surface area (TPSA) is 55.4 Å². The van der Waals surface area contributed by atoms with Gasteiger partial charge < -0.3 is 10.1 Å². The number of nitrogens with one attached hydrogen (secondary N) is 1. The Labute approximate surface area is 117 Å². The Kier molecular flexibility index (Phi) is 7.03. The Morgan fingerprint density at radius 3 is 2.58 bits per heavy atom. The number of amides is 1. The van der Waals surface area contributed by atoms with Gasteiger partial charge in [0.25, 0.3) is 0 Å². The first kappa shape index (κ1) is 15.6. The summed E-state index contributed by atoms with van der Waals surface area (Å²) in [6.45, 7) is 4.07. The summed E-state index contributed by atoms with van der Waals surface area (Å²) in [7, 11) is 0. The summed E-state index contributed by atoms with van der Waals surface area (Å²) in [5.41, 5.74) is 1.06. The van der Waals surface area contributed by atoms with Crippen molar-refractivity contribution in [2.45, 2.75) is 19.9 Å². The number of carbonyl (C=O) groups is 2. The predicted molar refractivity (Wildman–Crippen MR) is 77.0 cm³/mol. The average molecular weight is 281 g/mol. The Hall–Kier alpha value is -1.49. The first-order valence-electron chi connectivity index (χ1n) is 6.21. The van der Waals surface area contributed by atoms with E-state index in [1.807, 2.05) is 37.3 Å². The Bertz CT molecular complexity index is 408. The van der Waals surface area contributed by atoms with E-state index in [1.54, 1.807) is 6.92 Å². The maximum atomic E-state index is 11.7. The van der Waals surface area contributed by atoms with Crippen LogP contribution in [0.25, 0.3) is 0 Å². The number of hydrogen-bond acceptors (Lipinski definition) is 4. The van der Waals surface area contributed by atoms with E-state index in [-0.39, 0.29) is 29.4 Å². The Balaban J connectivity index is 2.26. The molecule has 1 rings (SSSR count). The molecule has 1 aromatic carbocycles. The molecule has 0 bridgehead atoms. The van der Waals surface area contributed by atoms with Crippen LogP contribution in [0.15, 0.2) is 30.3 Å². The van der Waals surface area contributed by atoms with Crippen LogP contribution >= 0.6 is 11.8 Å². The van der Waals surface area contributed by atoms with Crippen molar-refractivity contribution < 1.29 is 14.3 Å². The number of ether oxygens (including phenoxy) is 1. The van der Waals surface area contributed by atoms with Crippen LogP contribution in [-0.2, 0) is 14.3 Å². The van der Waals surface area contributed by atoms with Gasteiger partial charge in [-0.15, -0.1) is 11.8 Å². The Morgan fingerprint density at radius 2 is 1.95 bits per heavy atom. The molecule has 0 spiro atoms. The summed E-state index contributed by atoms with van der Waals surface area (Å²) in [4.78, 5) is 22.8. The van der Waals surface area contributed by atoms with Crippen molar-refractivity contribution in [2.24, 2.45) is 0 Å².